The zero-order chi connectivity index (χ0) is 15.8. The molecule has 0 fully saturated rings. The van der Waals surface area contributed by atoms with Gasteiger partial charge in [-0.3, -0.25) is 4.79 Å². The van der Waals surface area contributed by atoms with Crippen molar-refractivity contribution in [3.63, 3.8) is 0 Å². The van der Waals surface area contributed by atoms with Gasteiger partial charge in [0, 0.05) is 6.04 Å². The summed E-state index contributed by atoms with van der Waals surface area (Å²) in [5, 5.41) is 3.80. The van der Waals surface area contributed by atoms with Gasteiger partial charge in [0.25, 0.3) is 0 Å². The van der Waals surface area contributed by atoms with Crippen LogP contribution in [0.25, 0.3) is 0 Å². The number of thioether (sulfide) groups is 2. The van der Waals surface area contributed by atoms with Crippen LogP contribution >= 0.6 is 35.1 Å². The topological polar surface area (TPSA) is 54.9 Å². The Kier molecular flexibility index (Phi) is 7.21. The summed E-state index contributed by atoms with van der Waals surface area (Å²) >= 11 is 4.30. The second kappa shape index (κ2) is 9.17. The summed E-state index contributed by atoms with van der Waals surface area (Å²) < 4.78 is 5.02. The monoisotopic (exact) mass is 353 g/mol. The number of rotatable bonds is 8. The highest BCUT2D eigenvalue weighted by Crippen LogP contribution is 2.23. The van der Waals surface area contributed by atoms with E-state index in [-0.39, 0.29) is 11.9 Å². The largest absolute Gasteiger partial charge is 0.353 e. The molecule has 0 aliphatic heterocycles. The van der Waals surface area contributed by atoms with E-state index >= 15 is 0 Å². The van der Waals surface area contributed by atoms with Crippen LogP contribution in [-0.2, 0) is 11.2 Å². The SMILES string of the molecule is CSc1nsc(SCC(=O)NC(C)CCc2ccccc2)n1. The summed E-state index contributed by atoms with van der Waals surface area (Å²) in [6.45, 7) is 2.04. The lowest BCUT2D eigenvalue weighted by atomic mass is 10.1. The van der Waals surface area contributed by atoms with Crippen LogP contribution in [0.3, 0.4) is 0 Å². The van der Waals surface area contributed by atoms with Crippen LogP contribution in [-0.4, -0.2) is 33.3 Å². The Bertz CT molecular complexity index is 589. The van der Waals surface area contributed by atoms with Gasteiger partial charge in [-0.15, -0.1) is 0 Å². The van der Waals surface area contributed by atoms with E-state index in [1.165, 1.54) is 40.6 Å². The molecule has 7 heteroatoms. The van der Waals surface area contributed by atoms with E-state index in [0.29, 0.717) is 5.75 Å². The highest BCUT2D eigenvalue weighted by atomic mass is 32.2. The number of aromatic nitrogens is 2. The lowest BCUT2D eigenvalue weighted by molar-refractivity contribution is -0.119. The van der Waals surface area contributed by atoms with E-state index in [2.05, 4.69) is 26.8 Å². The van der Waals surface area contributed by atoms with Crippen molar-refractivity contribution < 1.29 is 4.79 Å². The van der Waals surface area contributed by atoms with Gasteiger partial charge in [-0.25, -0.2) is 4.98 Å². The van der Waals surface area contributed by atoms with E-state index in [1.807, 2.05) is 31.4 Å². The number of carbonyl (C=O) groups is 1. The van der Waals surface area contributed by atoms with Crippen molar-refractivity contribution in [3.8, 4) is 0 Å². The number of hydrogen-bond acceptors (Lipinski definition) is 6. The fraction of sp³-hybridized carbons (Fsp3) is 0.400. The van der Waals surface area contributed by atoms with Crippen LogP contribution in [0.2, 0.25) is 0 Å². The minimum absolute atomic E-state index is 0.0477. The molecule has 0 aliphatic rings. The maximum atomic E-state index is 11.9. The molecule has 0 aliphatic carbocycles. The van der Waals surface area contributed by atoms with Crippen LogP contribution in [0.5, 0.6) is 0 Å². The molecule has 1 atom stereocenters. The van der Waals surface area contributed by atoms with Crippen molar-refractivity contribution in [2.75, 3.05) is 12.0 Å². The fourth-order valence-electron chi connectivity index (χ4n) is 1.88. The van der Waals surface area contributed by atoms with E-state index in [9.17, 15) is 4.79 Å². The Morgan fingerprint density at radius 1 is 1.36 bits per heavy atom. The van der Waals surface area contributed by atoms with E-state index in [1.54, 1.807) is 0 Å². The standard InChI is InChI=1S/C15H19N3OS3/c1-11(8-9-12-6-4-3-5-7-12)16-13(19)10-21-15-17-14(20-2)18-22-15/h3-7,11H,8-10H2,1-2H3,(H,16,19). The molecular formula is C15H19N3OS3. The average Bonchev–Trinajstić information content (AvgIpc) is 3.00. The van der Waals surface area contributed by atoms with Gasteiger partial charge in [-0.05, 0) is 43.1 Å². The maximum Gasteiger partial charge on any atom is 0.230 e. The van der Waals surface area contributed by atoms with Gasteiger partial charge in [0.05, 0.1) is 5.75 Å². The first-order valence-corrected chi connectivity index (χ1v) is 9.99. The highest BCUT2D eigenvalue weighted by molar-refractivity contribution is 8.01. The van der Waals surface area contributed by atoms with Gasteiger partial charge in [-0.2, -0.15) is 4.37 Å². The quantitative estimate of drug-likeness (QED) is 0.736. The van der Waals surface area contributed by atoms with Gasteiger partial charge in [0.2, 0.25) is 11.1 Å². The Hall–Kier alpha value is -1.05. The molecular weight excluding hydrogens is 334 g/mol. The first kappa shape index (κ1) is 17.3. The van der Waals surface area contributed by atoms with Crippen LogP contribution in [0.1, 0.15) is 18.9 Å². The zero-order valence-corrected chi connectivity index (χ0v) is 15.1. The average molecular weight is 354 g/mol. The normalized spacial score (nSPS) is 12.1. The second-order valence-corrected chi connectivity index (χ2v) is 7.58. The number of benzene rings is 1. The molecule has 0 spiro atoms. The van der Waals surface area contributed by atoms with E-state index in [0.717, 1.165) is 22.3 Å². The minimum atomic E-state index is 0.0477. The summed E-state index contributed by atoms with van der Waals surface area (Å²) in [5.41, 5.74) is 1.30. The van der Waals surface area contributed by atoms with Gasteiger partial charge in [0.1, 0.15) is 0 Å². The number of nitrogens with one attached hydrogen (secondary N) is 1. The first-order chi connectivity index (χ1) is 10.7. The lowest BCUT2D eigenvalue weighted by Crippen LogP contribution is -2.34. The third-order valence-corrected chi connectivity index (χ3v) is 5.51. The van der Waals surface area contributed by atoms with Crippen molar-refractivity contribution in [2.24, 2.45) is 0 Å². The summed E-state index contributed by atoms with van der Waals surface area (Å²) in [6.07, 6.45) is 3.86. The van der Waals surface area contributed by atoms with E-state index in [4.69, 9.17) is 0 Å². The summed E-state index contributed by atoms with van der Waals surface area (Å²) in [7, 11) is 0. The van der Waals surface area contributed by atoms with Crippen molar-refractivity contribution >= 4 is 41.0 Å². The molecule has 0 saturated heterocycles. The van der Waals surface area contributed by atoms with Gasteiger partial charge in [-0.1, -0.05) is 53.9 Å². The Labute approximate surface area is 143 Å². The predicted octanol–water partition coefficient (Wildman–Crippen LogP) is 3.49. The number of aryl methyl sites for hydroxylation is 1. The smallest absolute Gasteiger partial charge is 0.230 e. The third kappa shape index (κ3) is 5.98. The van der Waals surface area contributed by atoms with Gasteiger partial charge >= 0.3 is 0 Å². The number of carbonyl (C=O) groups excluding carboxylic acids is 1. The third-order valence-electron chi connectivity index (χ3n) is 3.01. The highest BCUT2D eigenvalue weighted by Gasteiger charge is 2.10. The van der Waals surface area contributed by atoms with Gasteiger partial charge < -0.3 is 5.32 Å². The predicted molar refractivity (Wildman–Crippen MR) is 94.8 cm³/mol. The molecule has 4 nitrogen and oxygen atoms in total. The zero-order valence-electron chi connectivity index (χ0n) is 12.6. The minimum Gasteiger partial charge on any atom is -0.353 e. The molecule has 1 N–H and O–H groups in total. The van der Waals surface area contributed by atoms with Crippen LogP contribution < -0.4 is 5.32 Å². The van der Waals surface area contributed by atoms with Crippen molar-refractivity contribution in [1.82, 2.24) is 14.7 Å². The summed E-state index contributed by atoms with van der Waals surface area (Å²) in [6, 6.07) is 10.5. The van der Waals surface area contributed by atoms with Crippen LogP contribution in [0.15, 0.2) is 39.8 Å². The molecule has 1 aromatic carbocycles. The number of hydrogen-bond donors (Lipinski definition) is 1. The van der Waals surface area contributed by atoms with Crippen molar-refractivity contribution in [3.05, 3.63) is 35.9 Å². The maximum absolute atomic E-state index is 11.9. The number of amides is 1. The molecule has 2 aromatic rings. The Balaban J connectivity index is 1.67. The van der Waals surface area contributed by atoms with Crippen molar-refractivity contribution in [1.29, 1.82) is 0 Å². The molecule has 0 bridgehead atoms. The molecule has 118 valence electrons. The van der Waals surface area contributed by atoms with Crippen LogP contribution in [0, 0.1) is 0 Å². The van der Waals surface area contributed by atoms with Crippen molar-refractivity contribution in [2.45, 2.75) is 35.3 Å². The Morgan fingerprint density at radius 3 is 2.82 bits per heavy atom. The van der Waals surface area contributed by atoms with E-state index < -0.39 is 0 Å². The van der Waals surface area contributed by atoms with Gasteiger partial charge in [0.15, 0.2) is 4.34 Å². The van der Waals surface area contributed by atoms with Crippen LogP contribution in [0.4, 0.5) is 0 Å². The lowest BCUT2D eigenvalue weighted by Gasteiger charge is -2.13. The Morgan fingerprint density at radius 2 is 2.14 bits per heavy atom. The molecule has 0 saturated carbocycles. The first-order valence-electron chi connectivity index (χ1n) is 7.01. The summed E-state index contributed by atoms with van der Waals surface area (Å²) in [5.74, 6) is 0.435. The second-order valence-electron chi connectivity index (χ2n) is 4.83. The molecule has 1 unspecified atom stereocenters. The fourth-order valence-corrected chi connectivity index (χ4v) is 3.90. The molecule has 0 radical (unpaired) electrons. The molecule has 2 rings (SSSR count). The number of nitrogens with zero attached hydrogens (tertiary/aromatic N) is 2. The molecule has 1 amide bonds. The molecule has 1 heterocycles. The molecule has 1 aromatic heterocycles. The summed E-state index contributed by atoms with van der Waals surface area (Å²) in [4.78, 5) is 16.2. The molecule has 22 heavy (non-hydrogen) atoms.